The van der Waals surface area contributed by atoms with E-state index in [1.54, 1.807) is 24.4 Å². The van der Waals surface area contributed by atoms with Crippen molar-refractivity contribution in [1.82, 2.24) is 15.3 Å². The number of nitrogens with one attached hydrogen (secondary N) is 2. The lowest BCUT2D eigenvalue weighted by Crippen LogP contribution is -2.25. The minimum atomic E-state index is -0.340. The molecule has 0 spiro atoms. The molecule has 2 aromatic rings. The average Bonchev–Trinajstić information content (AvgIpc) is 2.46. The maximum atomic E-state index is 12.2. The molecule has 5 nitrogen and oxygen atoms in total. The highest BCUT2D eigenvalue weighted by atomic mass is 35.5. The van der Waals surface area contributed by atoms with E-state index in [4.69, 9.17) is 23.2 Å². The van der Waals surface area contributed by atoms with E-state index in [0.717, 1.165) is 30.8 Å². The Kier molecular flexibility index (Phi) is 4.05. The molecule has 1 aromatic heterocycles. The van der Waals surface area contributed by atoms with Crippen LogP contribution in [0.1, 0.15) is 21.6 Å². The van der Waals surface area contributed by atoms with Gasteiger partial charge in [-0.15, -0.1) is 0 Å². The summed E-state index contributed by atoms with van der Waals surface area (Å²) in [5.41, 5.74) is 2.39. The number of nitrogens with zero attached hydrogens (tertiary/aromatic N) is 2. The number of hydrogen-bond acceptors (Lipinski definition) is 4. The van der Waals surface area contributed by atoms with Crippen LogP contribution >= 0.6 is 23.2 Å². The van der Waals surface area contributed by atoms with Crippen molar-refractivity contribution < 1.29 is 4.79 Å². The first-order valence-electron chi connectivity index (χ1n) is 6.45. The van der Waals surface area contributed by atoms with Gasteiger partial charge in [-0.05, 0) is 18.2 Å². The summed E-state index contributed by atoms with van der Waals surface area (Å²) >= 11 is 11.8. The zero-order chi connectivity index (χ0) is 14.8. The average molecular weight is 323 g/mol. The molecule has 7 heteroatoms. The zero-order valence-electron chi connectivity index (χ0n) is 11.0. The van der Waals surface area contributed by atoms with Crippen LogP contribution in [0.2, 0.25) is 10.0 Å². The van der Waals surface area contributed by atoms with Gasteiger partial charge in [0.2, 0.25) is 5.95 Å². The molecule has 0 saturated heterocycles. The quantitative estimate of drug-likeness (QED) is 0.892. The van der Waals surface area contributed by atoms with E-state index in [9.17, 15) is 4.79 Å². The fourth-order valence-corrected chi connectivity index (χ4v) is 2.68. The second-order valence-electron chi connectivity index (χ2n) is 4.70. The number of benzene rings is 1. The molecule has 0 radical (unpaired) electrons. The van der Waals surface area contributed by atoms with Gasteiger partial charge in [0.05, 0.1) is 5.69 Å². The first-order valence-corrected chi connectivity index (χ1v) is 7.20. The molecule has 108 valence electrons. The SMILES string of the molecule is O=C(Nc1ncc2c(n1)CCNC2)c1cc(Cl)cc(Cl)c1. The third-order valence-corrected chi connectivity index (χ3v) is 3.59. The fourth-order valence-electron chi connectivity index (χ4n) is 2.15. The normalized spacial score (nSPS) is 13.6. The van der Waals surface area contributed by atoms with Gasteiger partial charge in [-0.1, -0.05) is 23.2 Å². The van der Waals surface area contributed by atoms with E-state index < -0.39 is 0 Å². The zero-order valence-corrected chi connectivity index (χ0v) is 12.5. The number of rotatable bonds is 2. The van der Waals surface area contributed by atoms with E-state index in [1.807, 2.05) is 0 Å². The molecule has 2 heterocycles. The van der Waals surface area contributed by atoms with Crippen LogP contribution in [0.5, 0.6) is 0 Å². The topological polar surface area (TPSA) is 66.9 Å². The van der Waals surface area contributed by atoms with E-state index in [0.29, 0.717) is 15.6 Å². The number of carbonyl (C=O) groups is 1. The molecular weight excluding hydrogens is 311 g/mol. The predicted molar refractivity (Wildman–Crippen MR) is 81.9 cm³/mol. The summed E-state index contributed by atoms with van der Waals surface area (Å²) < 4.78 is 0. The summed E-state index contributed by atoms with van der Waals surface area (Å²) in [6.07, 6.45) is 2.55. The van der Waals surface area contributed by atoms with Gasteiger partial charge in [0, 0.05) is 46.9 Å². The van der Waals surface area contributed by atoms with Crippen LogP contribution in [-0.2, 0) is 13.0 Å². The Bertz CT molecular complexity index is 685. The summed E-state index contributed by atoms with van der Waals surface area (Å²) in [4.78, 5) is 20.7. The molecule has 0 atom stereocenters. The molecule has 0 bridgehead atoms. The minimum Gasteiger partial charge on any atom is -0.312 e. The predicted octanol–water partition coefficient (Wildman–Crippen LogP) is 2.68. The van der Waals surface area contributed by atoms with Crippen LogP contribution in [0.25, 0.3) is 0 Å². The van der Waals surface area contributed by atoms with Gasteiger partial charge in [-0.3, -0.25) is 10.1 Å². The molecule has 21 heavy (non-hydrogen) atoms. The van der Waals surface area contributed by atoms with Crippen molar-refractivity contribution in [2.45, 2.75) is 13.0 Å². The first kappa shape index (κ1) is 14.3. The largest absolute Gasteiger partial charge is 0.312 e. The summed E-state index contributed by atoms with van der Waals surface area (Å²) in [6, 6.07) is 4.67. The molecule has 1 aliphatic rings. The van der Waals surface area contributed by atoms with Gasteiger partial charge in [-0.25, -0.2) is 9.97 Å². The second kappa shape index (κ2) is 5.97. The monoisotopic (exact) mass is 322 g/mol. The molecule has 3 rings (SSSR count). The van der Waals surface area contributed by atoms with Gasteiger partial charge < -0.3 is 5.32 Å². The molecule has 2 N–H and O–H groups in total. The summed E-state index contributed by atoms with van der Waals surface area (Å²) in [5.74, 6) is -0.0509. The molecule has 0 fully saturated rings. The highest BCUT2D eigenvalue weighted by Gasteiger charge is 2.14. The lowest BCUT2D eigenvalue weighted by molar-refractivity contribution is 0.102. The number of halogens is 2. The molecule has 1 amide bonds. The Morgan fingerprint density at radius 3 is 2.76 bits per heavy atom. The van der Waals surface area contributed by atoms with Crippen molar-refractivity contribution in [3.63, 3.8) is 0 Å². The maximum Gasteiger partial charge on any atom is 0.258 e. The van der Waals surface area contributed by atoms with Crippen LogP contribution < -0.4 is 10.6 Å². The number of anilines is 1. The van der Waals surface area contributed by atoms with E-state index in [1.165, 1.54) is 0 Å². The van der Waals surface area contributed by atoms with Crippen LogP contribution in [0.4, 0.5) is 5.95 Å². The maximum absolute atomic E-state index is 12.2. The van der Waals surface area contributed by atoms with E-state index in [2.05, 4.69) is 20.6 Å². The Morgan fingerprint density at radius 1 is 1.24 bits per heavy atom. The molecular formula is C14H12Cl2N4O. The van der Waals surface area contributed by atoms with Gasteiger partial charge in [-0.2, -0.15) is 0 Å². The molecule has 0 saturated carbocycles. The van der Waals surface area contributed by atoms with E-state index >= 15 is 0 Å². The standard InChI is InChI=1S/C14H12Cl2N4O/c15-10-3-8(4-11(16)5-10)13(21)20-14-18-7-9-6-17-2-1-12(9)19-14/h3-5,7,17H,1-2,6H2,(H,18,19,20,21). The third kappa shape index (κ3) is 3.32. The molecule has 1 aromatic carbocycles. The minimum absolute atomic E-state index is 0.289. The van der Waals surface area contributed by atoms with Gasteiger partial charge in [0.15, 0.2) is 0 Å². The molecule has 1 aliphatic heterocycles. The lowest BCUT2D eigenvalue weighted by Gasteiger charge is -2.16. The summed E-state index contributed by atoms with van der Waals surface area (Å²) in [7, 11) is 0. The smallest absolute Gasteiger partial charge is 0.258 e. The van der Waals surface area contributed by atoms with Crippen LogP contribution in [-0.4, -0.2) is 22.4 Å². The van der Waals surface area contributed by atoms with Gasteiger partial charge in [0.1, 0.15) is 0 Å². The molecule has 0 aliphatic carbocycles. The van der Waals surface area contributed by atoms with Crippen molar-refractivity contribution in [2.24, 2.45) is 0 Å². The van der Waals surface area contributed by atoms with Gasteiger partial charge in [0.25, 0.3) is 5.91 Å². The number of amides is 1. The van der Waals surface area contributed by atoms with E-state index in [-0.39, 0.29) is 11.9 Å². The second-order valence-corrected chi connectivity index (χ2v) is 5.58. The highest BCUT2D eigenvalue weighted by Crippen LogP contribution is 2.20. The van der Waals surface area contributed by atoms with Crippen LogP contribution in [0.3, 0.4) is 0 Å². The van der Waals surface area contributed by atoms with Crippen molar-refractivity contribution in [2.75, 3.05) is 11.9 Å². The number of fused-ring (bicyclic) bond motifs is 1. The Morgan fingerprint density at radius 2 is 2.00 bits per heavy atom. The number of hydrogen-bond donors (Lipinski definition) is 2. The number of aromatic nitrogens is 2. The summed E-state index contributed by atoms with van der Waals surface area (Å²) in [5, 5.41) is 6.72. The summed E-state index contributed by atoms with van der Waals surface area (Å²) in [6.45, 7) is 1.63. The third-order valence-electron chi connectivity index (χ3n) is 3.16. The lowest BCUT2D eigenvalue weighted by atomic mass is 10.1. The van der Waals surface area contributed by atoms with Crippen molar-refractivity contribution in [3.05, 3.63) is 51.3 Å². The van der Waals surface area contributed by atoms with Crippen LogP contribution in [0.15, 0.2) is 24.4 Å². The van der Waals surface area contributed by atoms with Crippen molar-refractivity contribution in [1.29, 1.82) is 0 Å². The highest BCUT2D eigenvalue weighted by molar-refractivity contribution is 6.35. The fraction of sp³-hybridized carbons (Fsp3) is 0.214. The van der Waals surface area contributed by atoms with Crippen molar-refractivity contribution >= 4 is 35.1 Å². The Balaban J connectivity index is 1.81. The Labute approximate surface area is 131 Å². The number of carbonyl (C=O) groups excluding carboxylic acids is 1. The Hall–Kier alpha value is -1.69. The van der Waals surface area contributed by atoms with Crippen LogP contribution in [0, 0.1) is 0 Å². The van der Waals surface area contributed by atoms with Gasteiger partial charge >= 0.3 is 0 Å². The van der Waals surface area contributed by atoms with Crippen molar-refractivity contribution in [3.8, 4) is 0 Å². The first-order chi connectivity index (χ1) is 10.1. The molecule has 0 unspecified atom stereocenters.